The van der Waals surface area contributed by atoms with E-state index in [1.54, 1.807) is 0 Å². The maximum Gasteiger partial charge on any atom is 0.194 e. The fraction of sp³-hybridized carbons (Fsp3) is 0.545. The van der Waals surface area contributed by atoms with Crippen LogP contribution in [-0.2, 0) is 12.8 Å². The van der Waals surface area contributed by atoms with Crippen LogP contribution in [0.1, 0.15) is 48.8 Å². The van der Waals surface area contributed by atoms with Gasteiger partial charge in [0.15, 0.2) is 11.6 Å². The molecule has 1 aromatic carbocycles. The van der Waals surface area contributed by atoms with Crippen molar-refractivity contribution in [2.45, 2.75) is 64.0 Å². The van der Waals surface area contributed by atoms with Gasteiger partial charge in [-0.15, -0.1) is 10.2 Å². The van der Waals surface area contributed by atoms with E-state index in [1.165, 1.54) is 5.56 Å². The molecule has 2 N–H and O–H groups in total. The summed E-state index contributed by atoms with van der Waals surface area (Å²) in [5, 5.41) is 30.4. The van der Waals surface area contributed by atoms with Crippen LogP contribution in [0, 0.1) is 6.92 Å². The Morgan fingerprint density at radius 1 is 1.11 bits per heavy atom. The van der Waals surface area contributed by atoms with E-state index in [0.717, 1.165) is 73.2 Å². The number of fused-ring (bicyclic) bond motifs is 2. The van der Waals surface area contributed by atoms with Gasteiger partial charge in [-0.25, -0.2) is 0 Å². The molecule has 0 amide bonds. The Kier molecular flexibility index (Phi) is 4.38. The highest BCUT2D eigenvalue weighted by Gasteiger charge is 2.35. The van der Waals surface area contributed by atoms with Crippen molar-refractivity contribution in [3.8, 4) is 22.8 Å². The highest BCUT2D eigenvalue weighted by molar-refractivity contribution is 5.76. The maximum absolute atomic E-state index is 10.8. The molecule has 148 valence electrons. The van der Waals surface area contributed by atoms with Gasteiger partial charge in [0.25, 0.3) is 0 Å². The van der Waals surface area contributed by atoms with Crippen molar-refractivity contribution in [3.63, 3.8) is 0 Å². The molecule has 0 bridgehead atoms. The molecule has 0 spiro atoms. The van der Waals surface area contributed by atoms with Gasteiger partial charge in [-0.2, -0.15) is 0 Å². The summed E-state index contributed by atoms with van der Waals surface area (Å²) in [4.78, 5) is 2.18. The van der Waals surface area contributed by atoms with Crippen molar-refractivity contribution in [2.75, 3.05) is 18.1 Å². The first-order chi connectivity index (χ1) is 13.6. The highest BCUT2D eigenvalue weighted by Crippen LogP contribution is 2.43. The Hall–Kier alpha value is -2.34. The summed E-state index contributed by atoms with van der Waals surface area (Å²) >= 11 is 0. The number of rotatable bonds is 2. The van der Waals surface area contributed by atoms with E-state index in [4.69, 9.17) is 4.74 Å². The summed E-state index contributed by atoms with van der Waals surface area (Å²) in [7, 11) is 0. The number of aryl methyl sites for hydroxylation is 1. The molecule has 28 heavy (non-hydrogen) atoms. The minimum atomic E-state index is -0.331. The lowest BCUT2D eigenvalue weighted by Gasteiger charge is -2.41. The second kappa shape index (κ2) is 6.92. The average molecular weight is 381 g/mol. The minimum absolute atomic E-state index is 0.0735. The Bertz CT molecular complexity index is 914. The summed E-state index contributed by atoms with van der Waals surface area (Å²) < 4.78 is 6.00. The second-order valence-corrected chi connectivity index (χ2v) is 8.24. The van der Waals surface area contributed by atoms with Crippen LogP contribution in [-0.4, -0.2) is 45.7 Å². The molecule has 2 heterocycles. The Morgan fingerprint density at radius 3 is 2.82 bits per heavy atom. The van der Waals surface area contributed by atoms with E-state index in [1.807, 2.05) is 13.0 Å². The van der Waals surface area contributed by atoms with E-state index in [2.05, 4.69) is 21.2 Å². The van der Waals surface area contributed by atoms with Crippen LogP contribution in [0.4, 0.5) is 5.82 Å². The predicted octanol–water partition coefficient (Wildman–Crippen LogP) is 3.15. The van der Waals surface area contributed by atoms with E-state index in [0.29, 0.717) is 24.6 Å². The summed E-state index contributed by atoms with van der Waals surface area (Å²) in [5.74, 6) is 1.79. The number of aromatic hydroxyl groups is 1. The molecule has 0 unspecified atom stereocenters. The normalized spacial score (nSPS) is 23.9. The molecule has 2 aliphatic carbocycles. The molecule has 1 fully saturated rings. The molecule has 2 atom stereocenters. The monoisotopic (exact) mass is 381 g/mol. The van der Waals surface area contributed by atoms with Crippen LogP contribution in [0.2, 0.25) is 0 Å². The first kappa shape index (κ1) is 17.7. The number of nitrogens with zero attached hydrogens (tertiary/aromatic N) is 3. The average Bonchev–Trinajstić information content (AvgIpc) is 3.19. The largest absolute Gasteiger partial charge is 0.507 e. The van der Waals surface area contributed by atoms with Gasteiger partial charge < -0.3 is 19.8 Å². The number of phenols is 1. The minimum Gasteiger partial charge on any atom is -0.507 e. The van der Waals surface area contributed by atoms with Crippen LogP contribution < -0.4 is 9.64 Å². The van der Waals surface area contributed by atoms with E-state index in [-0.39, 0.29) is 12.1 Å². The molecule has 3 aliphatic rings. The van der Waals surface area contributed by atoms with Crippen molar-refractivity contribution >= 4 is 5.82 Å². The lowest BCUT2D eigenvalue weighted by Crippen LogP contribution is -2.49. The summed E-state index contributed by atoms with van der Waals surface area (Å²) in [6, 6.07) is 4.13. The van der Waals surface area contributed by atoms with Crippen molar-refractivity contribution in [2.24, 2.45) is 0 Å². The number of aliphatic hydroxyl groups is 1. The zero-order valence-corrected chi connectivity index (χ0v) is 16.3. The molecule has 0 radical (unpaired) electrons. The molecule has 1 saturated carbocycles. The molecule has 1 aromatic heterocycles. The first-order valence-corrected chi connectivity index (χ1v) is 10.4. The molecular weight excluding hydrogens is 354 g/mol. The van der Waals surface area contributed by atoms with Crippen LogP contribution >= 0.6 is 0 Å². The van der Waals surface area contributed by atoms with Crippen molar-refractivity contribution < 1.29 is 14.9 Å². The lowest BCUT2D eigenvalue weighted by molar-refractivity contribution is 0.0995. The van der Waals surface area contributed by atoms with Gasteiger partial charge in [0, 0.05) is 11.1 Å². The lowest BCUT2D eigenvalue weighted by atomic mass is 9.91. The van der Waals surface area contributed by atoms with E-state index >= 15 is 0 Å². The number of anilines is 1. The molecule has 0 saturated heterocycles. The summed E-state index contributed by atoms with van der Waals surface area (Å²) in [5.41, 5.74) is 4.58. The highest BCUT2D eigenvalue weighted by atomic mass is 16.5. The second-order valence-electron chi connectivity index (χ2n) is 8.24. The van der Waals surface area contributed by atoms with Gasteiger partial charge >= 0.3 is 0 Å². The molecule has 6 nitrogen and oxygen atoms in total. The molecule has 1 aliphatic heterocycles. The van der Waals surface area contributed by atoms with Crippen LogP contribution in [0.5, 0.6) is 11.5 Å². The smallest absolute Gasteiger partial charge is 0.194 e. The van der Waals surface area contributed by atoms with Crippen LogP contribution in [0.15, 0.2) is 12.1 Å². The van der Waals surface area contributed by atoms with Gasteiger partial charge in [-0.05, 0) is 56.2 Å². The maximum atomic E-state index is 10.8. The topological polar surface area (TPSA) is 78.7 Å². The SMILES string of the molecule is Cc1c(-c2ccc3c(c2O)CCC3)nnc2c1OCCN2[C@@H]1CCCC[C@H]1O. The third-order valence-electron chi connectivity index (χ3n) is 6.60. The Labute approximate surface area is 165 Å². The number of aliphatic hydroxyl groups excluding tert-OH is 1. The first-order valence-electron chi connectivity index (χ1n) is 10.4. The molecule has 5 rings (SSSR count). The third-order valence-corrected chi connectivity index (χ3v) is 6.60. The number of benzene rings is 1. The molecule has 6 heteroatoms. The van der Waals surface area contributed by atoms with Crippen molar-refractivity contribution in [3.05, 3.63) is 28.8 Å². The van der Waals surface area contributed by atoms with E-state index in [9.17, 15) is 10.2 Å². The number of phenolic OH excluding ortho intramolecular Hbond substituents is 1. The van der Waals surface area contributed by atoms with Gasteiger partial charge in [-0.1, -0.05) is 18.9 Å². The van der Waals surface area contributed by atoms with E-state index < -0.39 is 0 Å². The number of ether oxygens (including phenoxy) is 1. The summed E-state index contributed by atoms with van der Waals surface area (Å²) in [6.07, 6.45) is 6.71. The number of hydrogen-bond donors (Lipinski definition) is 2. The number of aromatic nitrogens is 2. The standard InChI is InChI=1S/C22H27N3O3/c1-13-19(16-10-9-14-5-4-6-15(14)20(16)27)23-24-22-21(13)28-12-11-25(22)17-7-2-3-8-18(17)26/h9-10,17-18,26-27H,2-8,11-12H2,1H3/t17-,18-/m1/s1. The van der Waals surface area contributed by atoms with Crippen LogP contribution in [0.3, 0.4) is 0 Å². The quantitative estimate of drug-likeness (QED) is 0.832. The van der Waals surface area contributed by atoms with Gasteiger partial charge in [0.1, 0.15) is 18.1 Å². The zero-order valence-electron chi connectivity index (χ0n) is 16.3. The predicted molar refractivity (Wildman–Crippen MR) is 107 cm³/mol. The van der Waals surface area contributed by atoms with Crippen LogP contribution in [0.25, 0.3) is 11.3 Å². The van der Waals surface area contributed by atoms with Crippen molar-refractivity contribution in [1.29, 1.82) is 0 Å². The number of hydrogen-bond acceptors (Lipinski definition) is 6. The van der Waals surface area contributed by atoms with Gasteiger partial charge in [0.2, 0.25) is 0 Å². The van der Waals surface area contributed by atoms with Crippen molar-refractivity contribution in [1.82, 2.24) is 10.2 Å². The molecular formula is C22H27N3O3. The molecule has 2 aromatic rings. The van der Waals surface area contributed by atoms with Gasteiger partial charge in [-0.3, -0.25) is 0 Å². The Balaban J connectivity index is 1.56. The fourth-order valence-electron chi connectivity index (χ4n) is 5.08. The zero-order chi connectivity index (χ0) is 19.3. The Morgan fingerprint density at radius 2 is 1.96 bits per heavy atom. The third kappa shape index (κ3) is 2.73. The fourth-order valence-corrected chi connectivity index (χ4v) is 5.08. The van der Waals surface area contributed by atoms with Gasteiger partial charge in [0.05, 0.1) is 18.7 Å². The summed E-state index contributed by atoms with van der Waals surface area (Å²) in [6.45, 7) is 3.26.